The molecule has 0 aliphatic heterocycles. The Morgan fingerprint density at radius 3 is 2.07 bits per heavy atom. The largest absolute Gasteiger partial charge is 0.352 e. The molecule has 0 spiro atoms. The van der Waals surface area contributed by atoms with Crippen molar-refractivity contribution in [3.63, 3.8) is 0 Å². The lowest BCUT2D eigenvalue weighted by Crippen LogP contribution is -2.52. The molecule has 0 radical (unpaired) electrons. The fourth-order valence-electron chi connectivity index (χ4n) is 7.92. The van der Waals surface area contributed by atoms with Crippen molar-refractivity contribution in [1.82, 2.24) is 10.2 Å². The van der Waals surface area contributed by atoms with Gasteiger partial charge in [0.15, 0.2) is 0 Å². The lowest BCUT2D eigenvalue weighted by Gasteiger charge is -2.57. The van der Waals surface area contributed by atoms with Gasteiger partial charge < -0.3 is 10.2 Å². The molecule has 2 atom stereocenters. The van der Waals surface area contributed by atoms with Crippen LogP contribution in [-0.4, -0.2) is 50.0 Å². The van der Waals surface area contributed by atoms with E-state index in [0.29, 0.717) is 12.1 Å². The second-order valence-corrected chi connectivity index (χ2v) is 15.0. The molecule has 4 bridgehead atoms. The van der Waals surface area contributed by atoms with Crippen LogP contribution in [0.25, 0.3) is 0 Å². The molecule has 42 heavy (non-hydrogen) atoms. The molecule has 228 valence electrons. The maximum Gasteiger partial charge on any atom is 0.244 e. The fourth-order valence-corrected chi connectivity index (χ4v) is 8.77. The van der Waals surface area contributed by atoms with E-state index in [4.69, 9.17) is 0 Å². The number of nitrogens with one attached hydrogen (secondary N) is 1. The van der Waals surface area contributed by atoms with Crippen LogP contribution in [0.15, 0.2) is 48.5 Å². The third-order valence-electron chi connectivity index (χ3n) is 9.95. The summed E-state index contributed by atoms with van der Waals surface area (Å²) < 4.78 is 41.7. The van der Waals surface area contributed by atoms with Gasteiger partial charge in [-0.15, -0.1) is 0 Å². The van der Waals surface area contributed by atoms with Gasteiger partial charge in [0.2, 0.25) is 21.8 Å². The molecule has 9 heteroatoms. The van der Waals surface area contributed by atoms with Gasteiger partial charge in [-0.05, 0) is 106 Å². The Labute approximate surface area is 249 Å². The number of hydrogen-bond acceptors (Lipinski definition) is 4. The van der Waals surface area contributed by atoms with Gasteiger partial charge in [0.1, 0.15) is 18.4 Å². The van der Waals surface area contributed by atoms with E-state index in [1.807, 2.05) is 38.1 Å². The first-order valence-corrected chi connectivity index (χ1v) is 17.1. The number of carbonyl (C=O) groups excluding carboxylic acids is 2. The maximum atomic E-state index is 14.6. The van der Waals surface area contributed by atoms with Gasteiger partial charge in [-0.1, -0.05) is 37.3 Å². The molecular formula is C33H44FN3O4S. The number of halogens is 1. The topological polar surface area (TPSA) is 86.8 Å². The fraction of sp³-hybridized carbons (Fsp3) is 0.576. The zero-order valence-corrected chi connectivity index (χ0v) is 26.0. The van der Waals surface area contributed by atoms with E-state index in [2.05, 4.69) is 5.32 Å². The maximum absolute atomic E-state index is 14.6. The van der Waals surface area contributed by atoms with Crippen LogP contribution in [0.5, 0.6) is 0 Å². The summed E-state index contributed by atoms with van der Waals surface area (Å²) in [7, 11) is -3.84. The van der Waals surface area contributed by atoms with Gasteiger partial charge >= 0.3 is 0 Å². The SMILES string of the molecule is CC[C@H](C)NC(=O)[C@H](C)N(Cc1ccccc1F)C(=O)CN(c1ccc(C23CC4CC(CC(C4)C2)C3)cc1)S(C)(=O)=O. The average Bonchev–Trinajstić information content (AvgIpc) is 2.93. The molecule has 4 aliphatic carbocycles. The number of amides is 2. The Morgan fingerprint density at radius 2 is 1.55 bits per heavy atom. The average molecular weight is 598 g/mol. The van der Waals surface area contributed by atoms with Crippen molar-refractivity contribution < 1.29 is 22.4 Å². The smallest absolute Gasteiger partial charge is 0.244 e. The summed E-state index contributed by atoms with van der Waals surface area (Å²) in [5.41, 5.74) is 2.09. The highest BCUT2D eigenvalue weighted by Crippen LogP contribution is 2.60. The summed E-state index contributed by atoms with van der Waals surface area (Å²) in [5, 5.41) is 2.88. The van der Waals surface area contributed by atoms with Crippen LogP contribution in [0.2, 0.25) is 0 Å². The van der Waals surface area contributed by atoms with Crippen LogP contribution in [0.4, 0.5) is 10.1 Å². The Balaban J connectivity index is 1.39. The quantitative estimate of drug-likeness (QED) is 0.376. The highest BCUT2D eigenvalue weighted by molar-refractivity contribution is 7.92. The lowest BCUT2D eigenvalue weighted by molar-refractivity contribution is -0.139. The van der Waals surface area contributed by atoms with E-state index in [1.54, 1.807) is 25.1 Å². The first-order valence-electron chi connectivity index (χ1n) is 15.3. The van der Waals surface area contributed by atoms with Gasteiger partial charge in [0, 0.05) is 18.2 Å². The lowest BCUT2D eigenvalue weighted by atomic mass is 9.48. The third-order valence-corrected chi connectivity index (χ3v) is 11.1. The normalized spacial score (nSPS) is 26.0. The second-order valence-electron chi connectivity index (χ2n) is 13.1. The van der Waals surface area contributed by atoms with Crippen molar-refractivity contribution in [1.29, 1.82) is 0 Å². The van der Waals surface area contributed by atoms with E-state index < -0.39 is 34.3 Å². The first-order chi connectivity index (χ1) is 19.9. The molecule has 0 unspecified atom stereocenters. The molecule has 4 saturated carbocycles. The zero-order valence-electron chi connectivity index (χ0n) is 25.2. The molecule has 0 saturated heterocycles. The van der Waals surface area contributed by atoms with Gasteiger partial charge in [-0.3, -0.25) is 13.9 Å². The number of anilines is 1. The molecule has 2 aromatic rings. The van der Waals surface area contributed by atoms with Crippen molar-refractivity contribution in [3.05, 3.63) is 65.5 Å². The molecule has 2 amide bonds. The number of sulfonamides is 1. The number of hydrogen-bond donors (Lipinski definition) is 1. The van der Waals surface area contributed by atoms with Crippen molar-refractivity contribution >= 4 is 27.5 Å². The van der Waals surface area contributed by atoms with Crippen LogP contribution in [0, 0.1) is 23.6 Å². The van der Waals surface area contributed by atoms with E-state index in [-0.39, 0.29) is 29.5 Å². The van der Waals surface area contributed by atoms with Crippen molar-refractivity contribution in [2.24, 2.45) is 17.8 Å². The van der Waals surface area contributed by atoms with Gasteiger partial charge in [-0.25, -0.2) is 12.8 Å². The van der Waals surface area contributed by atoms with Crippen molar-refractivity contribution in [2.75, 3.05) is 17.1 Å². The van der Waals surface area contributed by atoms with E-state index in [9.17, 15) is 22.4 Å². The first kappa shape index (κ1) is 30.5. The molecule has 0 aromatic heterocycles. The Hall–Kier alpha value is -2.94. The number of benzene rings is 2. The van der Waals surface area contributed by atoms with Crippen LogP contribution in [-0.2, 0) is 31.6 Å². The van der Waals surface area contributed by atoms with Crippen LogP contribution >= 0.6 is 0 Å². The molecule has 0 heterocycles. The van der Waals surface area contributed by atoms with Gasteiger partial charge in [0.25, 0.3) is 0 Å². The van der Waals surface area contributed by atoms with Gasteiger partial charge in [0.05, 0.1) is 11.9 Å². The summed E-state index contributed by atoms with van der Waals surface area (Å²) in [6.45, 7) is 4.73. The Bertz CT molecular complexity index is 1380. The number of nitrogens with zero attached hydrogens (tertiary/aromatic N) is 2. The highest BCUT2D eigenvalue weighted by atomic mass is 32.2. The van der Waals surface area contributed by atoms with Crippen molar-refractivity contribution in [2.45, 2.75) is 89.8 Å². The van der Waals surface area contributed by atoms with Gasteiger partial charge in [-0.2, -0.15) is 0 Å². The minimum absolute atomic E-state index is 0.106. The third kappa shape index (κ3) is 6.36. The monoisotopic (exact) mass is 597 g/mol. The Morgan fingerprint density at radius 1 is 0.976 bits per heavy atom. The summed E-state index contributed by atoms with van der Waals surface area (Å²) in [5.74, 6) is 0.925. The van der Waals surface area contributed by atoms with Crippen molar-refractivity contribution in [3.8, 4) is 0 Å². The second kappa shape index (κ2) is 12.0. The standard InChI is InChI=1S/C33H44FN3O4S/c1-5-22(2)35-32(39)23(3)36(20-27-8-6-7-9-30(27)34)31(38)21-37(42(4,40)41)29-12-10-28(11-13-29)33-17-24-14-25(18-33)16-26(15-24)19-33/h6-13,22-26H,5,14-21H2,1-4H3,(H,35,39)/t22-,23-,24?,25?,26?,33?/m0/s1. The number of rotatable bonds is 11. The predicted octanol–water partition coefficient (Wildman–Crippen LogP) is 5.39. The minimum atomic E-state index is -3.84. The van der Waals surface area contributed by atoms with Crippen LogP contribution < -0.4 is 9.62 Å². The highest BCUT2D eigenvalue weighted by Gasteiger charge is 2.51. The molecule has 7 nitrogen and oxygen atoms in total. The molecule has 6 rings (SSSR count). The summed E-state index contributed by atoms with van der Waals surface area (Å²) in [6.07, 6.45) is 9.43. The van der Waals surface area contributed by atoms with Crippen LogP contribution in [0.3, 0.4) is 0 Å². The van der Waals surface area contributed by atoms with Crippen LogP contribution in [0.1, 0.15) is 76.8 Å². The predicted molar refractivity (Wildman–Crippen MR) is 163 cm³/mol. The summed E-state index contributed by atoms with van der Waals surface area (Å²) in [4.78, 5) is 28.1. The van der Waals surface area contributed by atoms with E-state index in [1.165, 1.54) is 55.1 Å². The summed E-state index contributed by atoms with van der Waals surface area (Å²) >= 11 is 0. The molecule has 1 N–H and O–H groups in total. The minimum Gasteiger partial charge on any atom is -0.352 e. The molecule has 2 aromatic carbocycles. The van der Waals surface area contributed by atoms with E-state index >= 15 is 0 Å². The summed E-state index contributed by atoms with van der Waals surface area (Å²) in [6, 6.07) is 12.8. The zero-order chi connectivity index (χ0) is 30.2. The molecular weight excluding hydrogens is 553 g/mol. The molecule has 4 aliphatic rings. The van der Waals surface area contributed by atoms with E-state index in [0.717, 1.165) is 28.3 Å². The molecule has 4 fully saturated rings. The Kier molecular flexibility index (Phi) is 8.70. The number of carbonyl (C=O) groups is 2.